The van der Waals surface area contributed by atoms with E-state index >= 15 is 0 Å². The zero-order valence-electron chi connectivity index (χ0n) is 8.86. The number of aliphatic hydroxyl groups is 1. The van der Waals surface area contributed by atoms with Crippen LogP contribution in [0.25, 0.3) is 0 Å². The van der Waals surface area contributed by atoms with E-state index in [1.165, 1.54) is 5.57 Å². The highest BCUT2D eigenvalue weighted by atomic mass is 16.3. The third-order valence-electron chi connectivity index (χ3n) is 2.77. The second-order valence-corrected chi connectivity index (χ2v) is 3.96. The van der Waals surface area contributed by atoms with Crippen LogP contribution >= 0.6 is 0 Å². The summed E-state index contributed by atoms with van der Waals surface area (Å²) in [4.78, 5) is 2.16. The number of hydrogen-bond acceptors (Lipinski definition) is 2. The van der Waals surface area contributed by atoms with Crippen LogP contribution in [0.3, 0.4) is 0 Å². The van der Waals surface area contributed by atoms with Gasteiger partial charge in [0, 0.05) is 12.0 Å². The fourth-order valence-electron chi connectivity index (χ4n) is 1.66. The van der Waals surface area contributed by atoms with Gasteiger partial charge in [0.25, 0.3) is 0 Å². The molecule has 2 heteroatoms. The molecule has 3 atom stereocenters. The molecule has 0 aromatic rings. The fraction of sp³-hybridized carbons (Fsp3) is 0.636. The van der Waals surface area contributed by atoms with E-state index in [-0.39, 0.29) is 12.0 Å². The molecular weight excluding hydrogens is 162 g/mol. The minimum absolute atomic E-state index is 0.206. The van der Waals surface area contributed by atoms with Crippen LogP contribution in [0.4, 0.5) is 0 Å². The van der Waals surface area contributed by atoms with E-state index in [1.807, 2.05) is 13.0 Å². The van der Waals surface area contributed by atoms with Crippen molar-refractivity contribution in [2.75, 3.05) is 14.1 Å². The molecule has 1 rings (SSSR count). The maximum absolute atomic E-state index is 9.54. The molecule has 1 aliphatic carbocycles. The van der Waals surface area contributed by atoms with Crippen LogP contribution in [0.2, 0.25) is 0 Å². The van der Waals surface area contributed by atoms with Crippen molar-refractivity contribution in [3.8, 4) is 0 Å². The van der Waals surface area contributed by atoms with E-state index in [0.29, 0.717) is 6.04 Å². The van der Waals surface area contributed by atoms with Crippen molar-refractivity contribution in [2.45, 2.75) is 26.0 Å². The van der Waals surface area contributed by atoms with Gasteiger partial charge >= 0.3 is 0 Å². The lowest BCUT2D eigenvalue weighted by Crippen LogP contribution is -2.31. The van der Waals surface area contributed by atoms with Gasteiger partial charge < -0.3 is 10.0 Å². The second kappa shape index (κ2) is 4.07. The van der Waals surface area contributed by atoms with Crippen molar-refractivity contribution in [3.05, 3.63) is 23.8 Å². The van der Waals surface area contributed by atoms with E-state index < -0.39 is 0 Å². The zero-order chi connectivity index (χ0) is 10.0. The van der Waals surface area contributed by atoms with Crippen molar-refractivity contribution < 1.29 is 5.11 Å². The predicted molar refractivity (Wildman–Crippen MR) is 55.5 cm³/mol. The van der Waals surface area contributed by atoms with Gasteiger partial charge in [0.15, 0.2) is 0 Å². The van der Waals surface area contributed by atoms with Gasteiger partial charge in [0.1, 0.15) is 0 Å². The first-order valence-corrected chi connectivity index (χ1v) is 4.76. The highest BCUT2D eigenvalue weighted by Crippen LogP contribution is 2.27. The average molecular weight is 181 g/mol. The number of hydrogen-bond donors (Lipinski definition) is 1. The normalized spacial score (nSPS) is 26.3. The maximum atomic E-state index is 9.54. The van der Waals surface area contributed by atoms with Crippen molar-refractivity contribution in [2.24, 2.45) is 5.92 Å². The molecule has 0 fully saturated rings. The summed E-state index contributed by atoms with van der Waals surface area (Å²) in [7, 11) is 4.12. The third kappa shape index (κ3) is 2.20. The molecule has 0 aliphatic heterocycles. The van der Waals surface area contributed by atoms with Gasteiger partial charge in [-0.1, -0.05) is 18.2 Å². The van der Waals surface area contributed by atoms with Crippen molar-refractivity contribution in [1.29, 1.82) is 0 Å². The fourth-order valence-corrected chi connectivity index (χ4v) is 1.66. The Balaban J connectivity index is 2.71. The first kappa shape index (κ1) is 10.5. The predicted octanol–water partition coefficient (Wildman–Crippen LogP) is 1.43. The van der Waals surface area contributed by atoms with Crippen LogP contribution in [0, 0.1) is 5.92 Å². The summed E-state index contributed by atoms with van der Waals surface area (Å²) in [5.41, 5.74) is 1.31. The minimum Gasteiger partial charge on any atom is -0.392 e. The van der Waals surface area contributed by atoms with E-state index in [0.717, 1.165) is 0 Å². The first-order valence-electron chi connectivity index (χ1n) is 4.76. The Morgan fingerprint density at radius 3 is 2.46 bits per heavy atom. The molecule has 1 N–H and O–H groups in total. The largest absolute Gasteiger partial charge is 0.392 e. The van der Waals surface area contributed by atoms with E-state index in [2.05, 4.69) is 38.1 Å². The van der Waals surface area contributed by atoms with Gasteiger partial charge in [-0.05, 0) is 33.5 Å². The molecular formula is C11H19NO. The zero-order valence-corrected chi connectivity index (χ0v) is 8.86. The molecule has 0 aromatic carbocycles. The third-order valence-corrected chi connectivity index (χ3v) is 2.77. The summed E-state index contributed by atoms with van der Waals surface area (Å²) >= 11 is 0. The topological polar surface area (TPSA) is 23.5 Å². The lowest BCUT2D eigenvalue weighted by atomic mass is 9.92. The lowest BCUT2D eigenvalue weighted by molar-refractivity contribution is 0.157. The van der Waals surface area contributed by atoms with Gasteiger partial charge in [-0.2, -0.15) is 0 Å². The number of rotatable bonds is 3. The second-order valence-electron chi connectivity index (χ2n) is 3.96. The Kier molecular flexibility index (Phi) is 3.28. The average Bonchev–Trinajstić information content (AvgIpc) is 2.50. The van der Waals surface area contributed by atoms with Crippen LogP contribution in [0.1, 0.15) is 13.8 Å². The van der Waals surface area contributed by atoms with E-state index in [1.54, 1.807) is 0 Å². The molecule has 0 heterocycles. The Morgan fingerprint density at radius 2 is 2.00 bits per heavy atom. The summed E-state index contributed by atoms with van der Waals surface area (Å²) in [6.07, 6.45) is 5.93. The van der Waals surface area contributed by atoms with Crippen molar-refractivity contribution in [1.82, 2.24) is 4.90 Å². The molecule has 0 saturated heterocycles. The van der Waals surface area contributed by atoms with Crippen LogP contribution in [0.5, 0.6) is 0 Å². The molecule has 0 spiro atoms. The van der Waals surface area contributed by atoms with Gasteiger partial charge in [-0.25, -0.2) is 0 Å². The highest BCUT2D eigenvalue weighted by Gasteiger charge is 2.24. The van der Waals surface area contributed by atoms with Gasteiger partial charge in [0.05, 0.1) is 6.10 Å². The van der Waals surface area contributed by atoms with Gasteiger partial charge in [-0.15, -0.1) is 0 Å². The Morgan fingerprint density at radius 1 is 1.38 bits per heavy atom. The Hall–Kier alpha value is -0.600. The Bertz CT molecular complexity index is 228. The molecule has 1 aliphatic rings. The summed E-state index contributed by atoms with van der Waals surface area (Å²) in [6, 6.07) is 0.398. The molecule has 0 amide bonds. The molecule has 0 aromatic heterocycles. The molecule has 74 valence electrons. The van der Waals surface area contributed by atoms with Crippen LogP contribution in [0.15, 0.2) is 23.8 Å². The number of likely N-dealkylation sites (N-methyl/N-ethyl adjacent to an activating group) is 1. The summed E-state index contributed by atoms with van der Waals surface area (Å²) in [6.45, 7) is 4.00. The van der Waals surface area contributed by atoms with Crippen molar-refractivity contribution in [3.63, 3.8) is 0 Å². The molecule has 0 radical (unpaired) electrons. The number of nitrogens with zero attached hydrogens (tertiary/aromatic N) is 1. The smallest absolute Gasteiger partial charge is 0.0612 e. The first-order chi connectivity index (χ1) is 6.04. The maximum Gasteiger partial charge on any atom is 0.0612 e. The molecule has 2 nitrogen and oxygen atoms in total. The number of allylic oxidation sites excluding steroid dienone is 2. The minimum atomic E-state index is -0.285. The molecule has 13 heavy (non-hydrogen) atoms. The SMILES string of the molecule is C[C@@H](O)C1C=CC=C1[C@H](C)N(C)C. The van der Waals surface area contributed by atoms with Crippen molar-refractivity contribution >= 4 is 0 Å². The van der Waals surface area contributed by atoms with Gasteiger partial charge in [-0.3, -0.25) is 0 Å². The monoisotopic (exact) mass is 181 g/mol. The molecule has 0 saturated carbocycles. The molecule has 0 bridgehead atoms. The van der Waals surface area contributed by atoms with Crippen LogP contribution in [-0.4, -0.2) is 36.2 Å². The summed E-state index contributed by atoms with van der Waals surface area (Å²) < 4.78 is 0. The summed E-state index contributed by atoms with van der Waals surface area (Å²) in [5, 5.41) is 9.54. The molecule has 1 unspecified atom stereocenters. The standard InChI is InChI=1S/C11H19NO/c1-8(12(3)4)10-6-5-7-11(10)9(2)13/h5-9,11,13H,1-4H3/t8-,9+,11?/m0/s1. The summed E-state index contributed by atoms with van der Waals surface area (Å²) in [5.74, 6) is 0.206. The number of aliphatic hydroxyl groups excluding tert-OH is 1. The quantitative estimate of drug-likeness (QED) is 0.712. The van der Waals surface area contributed by atoms with Crippen LogP contribution in [-0.2, 0) is 0 Å². The van der Waals surface area contributed by atoms with Crippen LogP contribution < -0.4 is 0 Å². The Labute approximate surface area is 80.6 Å². The van der Waals surface area contributed by atoms with Gasteiger partial charge in [0.2, 0.25) is 0 Å². The lowest BCUT2D eigenvalue weighted by Gasteiger charge is -2.27. The van der Waals surface area contributed by atoms with E-state index in [4.69, 9.17) is 0 Å². The van der Waals surface area contributed by atoms with E-state index in [9.17, 15) is 5.11 Å². The highest BCUT2D eigenvalue weighted by molar-refractivity contribution is 5.31.